The number of aromatic hydroxyl groups is 1. The van der Waals surface area contributed by atoms with Crippen LogP contribution in [0.25, 0.3) is 0 Å². The van der Waals surface area contributed by atoms with Crippen LogP contribution in [0.15, 0.2) is 14.6 Å². The minimum atomic E-state index is -0.394. The van der Waals surface area contributed by atoms with Gasteiger partial charge in [0.05, 0.1) is 10.7 Å². The number of halogens is 1. The van der Waals surface area contributed by atoms with E-state index in [4.69, 9.17) is 0 Å². The molecule has 2 aromatic heterocycles. The van der Waals surface area contributed by atoms with Crippen molar-refractivity contribution in [2.75, 3.05) is 0 Å². The van der Waals surface area contributed by atoms with Gasteiger partial charge in [0.1, 0.15) is 10.3 Å². The van der Waals surface area contributed by atoms with E-state index < -0.39 is 5.56 Å². The Labute approximate surface area is 103 Å². The third kappa shape index (κ3) is 2.30. The lowest BCUT2D eigenvalue weighted by atomic mass is 10.3. The lowest BCUT2D eigenvalue weighted by Gasteiger charge is -2.00. The highest BCUT2D eigenvalue weighted by Gasteiger charge is 2.09. The summed E-state index contributed by atoms with van der Waals surface area (Å²) in [6, 6.07) is 0. The predicted molar refractivity (Wildman–Crippen MR) is 63.9 cm³/mol. The number of H-pyrrole nitrogens is 1. The molecule has 0 unspecified atom stereocenters. The molecule has 2 aromatic rings. The summed E-state index contributed by atoms with van der Waals surface area (Å²) in [4.78, 5) is 22.0. The van der Waals surface area contributed by atoms with Crippen LogP contribution in [-0.4, -0.2) is 20.1 Å². The molecule has 0 saturated carbocycles. The maximum absolute atomic E-state index is 11.3. The number of hydrogen-bond donors (Lipinski definition) is 2. The topological polar surface area (TPSA) is 78.9 Å². The average molecular weight is 302 g/mol. The highest BCUT2D eigenvalue weighted by Crippen LogP contribution is 2.16. The summed E-state index contributed by atoms with van der Waals surface area (Å²) >= 11 is 4.47. The second kappa shape index (κ2) is 4.34. The van der Waals surface area contributed by atoms with Crippen LogP contribution in [0.3, 0.4) is 0 Å². The molecule has 0 bridgehead atoms. The molecule has 0 aliphatic rings. The predicted octanol–water partition coefficient (Wildman–Crippen LogP) is 1.59. The van der Waals surface area contributed by atoms with Gasteiger partial charge in [0, 0.05) is 11.8 Å². The molecule has 2 N–H and O–H groups in total. The number of thiazole rings is 1. The van der Waals surface area contributed by atoms with Crippen LogP contribution < -0.4 is 5.56 Å². The van der Waals surface area contributed by atoms with Crippen LogP contribution in [0.4, 0.5) is 0 Å². The van der Waals surface area contributed by atoms with Crippen molar-refractivity contribution in [1.29, 1.82) is 0 Å². The van der Waals surface area contributed by atoms with E-state index in [1.54, 1.807) is 0 Å². The number of nitrogens with one attached hydrogen (secondary N) is 1. The summed E-state index contributed by atoms with van der Waals surface area (Å²) in [5.74, 6) is 0.0988. The molecule has 0 amide bonds. The molecule has 0 radical (unpaired) electrons. The minimum absolute atomic E-state index is 0.0470. The highest BCUT2D eigenvalue weighted by molar-refractivity contribution is 9.10. The molecule has 84 valence electrons. The van der Waals surface area contributed by atoms with Gasteiger partial charge in [0.2, 0.25) is 5.88 Å². The summed E-state index contributed by atoms with van der Waals surface area (Å²) in [6.45, 7) is 1.91. The zero-order valence-electron chi connectivity index (χ0n) is 8.32. The number of aromatic amines is 1. The van der Waals surface area contributed by atoms with E-state index in [0.29, 0.717) is 12.2 Å². The second-order valence-electron chi connectivity index (χ2n) is 3.18. The largest absolute Gasteiger partial charge is 0.492 e. The first kappa shape index (κ1) is 11.3. The molecule has 5 nitrogen and oxygen atoms in total. The van der Waals surface area contributed by atoms with E-state index in [1.807, 2.05) is 12.3 Å². The maximum Gasteiger partial charge on any atom is 0.269 e. The molecule has 0 saturated heterocycles. The fourth-order valence-corrected chi connectivity index (χ4v) is 2.04. The molecule has 0 aliphatic carbocycles. The number of aromatic nitrogens is 3. The van der Waals surface area contributed by atoms with E-state index in [9.17, 15) is 9.90 Å². The first-order valence-electron chi connectivity index (χ1n) is 4.45. The van der Waals surface area contributed by atoms with Crippen LogP contribution in [-0.2, 0) is 6.42 Å². The summed E-state index contributed by atoms with van der Waals surface area (Å²) in [5, 5.41) is 12.2. The monoisotopic (exact) mass is 301 g/mol. The van der Waals surface area contributed by atoms with Crippen molar-refractivity contribution in [2.45, 2.75) is 13.3 Å². The van der Waals surface area contributed by atoms with Crippen molar-refractivity contribution in [3.63, 3.8) is 0 Å². The van der Waals surface area contributed by atoms with E-state index in [1.165, 1.54) is 11.3 Å². The molecule has 7 heteroatoms. The Morgan fingerprint density at radius 1 is 1.56 bits per heavy atom. The van der Waals surface area contributed by atoms with Gasteiger partial charge in [-0.3, -0.25) is 4.79 Å². The van der Waals surface area contributed by atoms with Crippen molar-refractivity contribution in [3.05, 3.63) is 36.7 Å². The Morgan fingerprint density at radius 2 is 2.31 bits per heavy atom. The van der Waals surface area contributed by atoms with Gasteiger partial charge in [0.25, 0.3) is 5.56 Å². The first-order valence-corrected chi connectivity index (χ1v) is 6.12. The Balaban J connectivity index is 2.32. The lowest BCUT2D eigenvalue weighted by molar-refractivity contribution is 0.444. The molecule has 0 spiro atoms. The van der Waals surface area contributed by atoms with E-state index in [2.05, 4.69) is 30.9 Å². The van der Waals surface area contributed by atoms with Gasteiger partial charge in [-0.25, -0.2) is 4.98 Å². The fourth-order valence-electron chi connectivity index (χ4n) is 1.24. The van der Waals surface area contributed by atoms with Gasteiger partial charge < -0.3 is 10.1 Å². The number of nitrogens with zero attached hydrogens (tertiary/aromatic N) is 2. The standard InChI is InChI=1S/C9H8BrN3O2S/c1-4-11-5(3-16-4)2-6-12-8(14)7(10)9(15)13-6/h3H,2H2,1H3,(H2,12,13,14,15). The smallest absolute Gasteiger partial charge is 0.269 e. The molecule has 2 rings (SSSR count). The Morgan fingerprint density at radius 3 is 2.88 bits per heavy atom. The van der Waals surface area contributed by atoms with E-state index >= 15 is 0 Å². The zero-order chi connectivity index (χ0) is 11.7. The van der Waals surface area contributed by atoms with Crippen LogP contribution in [0, 0.1) is 6.92 Å². The molecular weight excluding hydrogens is 294 g/mol. The summed E-state index contributed by atoms with van der Waals surface area (Å²) in [6.07, 6.45) is 0.403. The zero-order valence-corrected chi connectivity index (χ0v) is 10.7. The van der Waals surface area contributed by atoms with Gasteiger partial charge in [-0.1, -0.05) is 0 Å². The van der Waals surface area contributed by atoms with Crippen molar-refractivity contribution >= 4 is 27.3 Å². The normalized spacial score (nSPS) is 10.6. The fraction of sp³-hybridized carbons (Fsp3) is 0.222. The molecule has 0 atom stereocenters. The van der Waals surface area contributed by atoms with Gasteiger partial charge >= 0.3 is 0 Å². The lowest BCUT2D eigenvalue weighted by Crippen LogP contribution is -2.12. The van der Waals surface area contributed by atoms with Crippen molar-refractivity contribution in [3.8, 4) is 5.88 Å². The summed E-state index contributed by atoms with van der Waals surface area (Å²) in [7, 11) is 0. The average Bonchev–Trinajstić information content (AvgIpc) is 2.60. The van der Waals surface area contributed by atoms with E-state index in [0.717, 1.165) is 10.7 Å². The van der Waals surface area contributed by atoms with Gasteiger partial charge in [0.15, 0.2) is 0 Å². The highest BCUT2D eigenvalue weighted by atomic mass is 79.9. The summed E-state index contributed by atoms with van der Waals surface area (Å²) < 4.78 is 0.0470. The molecular formula is C9H8BrN3O2S. The first-order chi connectivity index (χ1) is 7.56. The quantitative estimate of drug-likeness (QED) is 0.883. The van der Waals surface area contributed by atoms with Crippen LogP contribution in [0.5, 0.6) is 5.88 Å². The van der Waals surface area contributed by atoms with Gasteiger partial charge in [-0.05, 0) is 22.9 Å². The minimum Gasteiger partial charge on any atom is -0.492 e. The molecule has 16 heavy (non-hydrogen) atoms. The van der Waals surface area contributed by atoms with Gasteiger partial charge in [-0.15, -0.1) is 11.3 Å². The number of hydrogen-bond acceptors (Lipinski definition) is 5. The third-order valence-corrected chi connectivity index (χ3v) is 3.45. The van der Waals surface area contributed by atoms with Crippen molar-refractivity contribution in [1.82, 2.24) is 15.0 Å². The number of aryl methyl sites for hydroxylation is 1. The van der Waals surface area contributed by atoms with Crippen LogP contribution >= 0.6 is 27.3 Å². The van der Waals surface area contributed by atoms with Crippen molar-refractivity contribution < 1.29 is 5.11 Å². The Hall–Kier alpha value is -1.21. The van der Waals surface area contributed by atoms with Crippen LogP contribution in [0.2, 0.25) is 0 Å². The summed E-state index contributed by atoms with van der Waals surface area (Å²) in [5.41, 5.74) is 0.432. The molecule has 0 fully saturated rings. The van der Waals surface area contributed by atoms with Crippen LogP contribution in [0.1, 0.15) is 16.5 Å². The van der Waals surface area contributed by atoms with E-state index in [-0.39, 0.29) is 10.4 Å². The Bertz CT molecular complexity index is 578. The van der Waals surface area contributed by atoms with Crippen molar-refractivity contribution in [2.24, 2.45) is 0 Å². The maximum atomic E-state index is 11.3. The molecule has 2 heterocycles. The molecule has 0 aliphatic heterocycles. The molecule has 0 aromatic carbocycles. The third-order valence-electron chi connectivity index (χ3n) is 1.91. The Kier molecular flexibility index (Phi) is 3.06. The second-order valence-corrected chi connectivity index (χ2v) is 5.04. The van der Waals surface area contributed by atoms with Gasteiger partial charge in [-0.2, -0.15) is 4.98 Å². The SMILES string of the molecule is Cc1nc(Cc2nc(O)c(Br)c(=O)[nH]2)cs1. The number of rotatable bonds is 2.